The number of nitrogens with one attached hydrogen (secondary N) is 1. The predicted octanol–water partition coefficient (Wildman–Crippen LogP) is 1.32. The molecule has 2 heterocycles. The van der Waals surface area contributed by atoms with Crippen LogP contribution in [-0.2, 0) is 9.59 Å². The first kappa shape index (κ1) is 18.8. The zero-order valence-electron chi connectivity index (χ0n) is 14.0. The zero-order valence-corrected chi connectivity index (χ0v) is 15.6. The summed E-state index contributed by atoms with van der Waals surface area (Å²) in [5.41, 5.74) is 0.756. The highest BCUT2D eigenvalue weighted by Crippen LogP contribution is 2.32. The molecule has 1 aromatic rings. The van der Waals surface area contributed by atoms with E-state index in [-0.39, 0.29) is 17.5 Å². The normalized spacial score (nSPS) is 24.4. The van der Waals surface area contributed by atoms with Crippen LogP contribution in [0, 0.1) is 0 Å². The summed E-state index contributed by atoms with van der Waals surface area (Å²) in [7, 11) is 1.56. The van der Waals surface area contributed by atoms with E-state index in [1.54, 1.807) is 49.2 Å². The van der Waals surface area contributed by atoms with Gasteiger partial charge in [0.1, 0.15) is 12.3 Å². The third kappa shape index (κ3) is 4.22. The van der Waals surface area contributed by atoms with Crippen LogP contribution in [-0.4, -0.2) is 64.4 Å². The van der Waals surface area contributed by atoms with E-state index < -0.39 is 23.2 Å². The molecule has 1 aromatic carbocycles. The maximum atomic E-state index is 12.4. The first-order chi connectivity index (χ1) is 12.5. The van der Waals surface area contributed by atoms with Crippen molar-refractivity contribution in [3.05, 3.63) is 34.7 Å². The SMILES string of the molecule is COc1ccc(/C=C2\SC(=O)N(CC(=O)N[C@H]3CSC[C@@H]3O)C2=O)cc1. The fourth-order valence-corrected chi connectivity index (χ4v) is 4.57. The number of imide groups is 1. The Hall–Kier alpha value is -1.97. The second kappa shape index (κ2) is 8.15. The van der Waals surface area contributed by atoms with Gasteiger partial charge in [-0.1, -0.05) is 12.1 Å². The minimum atomic E-state index is -0.603. The van der Waals surface area contributed by atoms with Crippen LogP contribution in [0.5, 0.6) is 5.75 Å². The molecule has 26 heavy (non-hydrogen) atoms. The average molecular weight is 394 g/mol. The molecule has 0 aliphatic carbocycles. The molecule has 138 valence electrons. The Labute approximate surface area is 159 Å². The van der Waals surface area contributed by atoms with E-state index in [2.05, 4.69) is 5.32 Å². The van der Waals surface area contributed by atoms with Crippen LogP contribution in [0.15, 0.2) is 29.2 Å². The van der Waals surface area contributed by atoms with Gasteiger partial charge in [0.25, 0.3) is 11.1 Å². The van der Waals surface area contributed by atoms with Gasteiger partial charge in [-0.2, -0.15) is 11.8 Å². The quantitative estimate of drug-likeness (QED) is 0.727. The Balaban J connectivity index is 1.64. The van der Waals surface area contributed by atoms with E-state index in [9.17, 15) is 19.5 Å². The molecule has 3 amide bonds. The number of thioether (sulfide) groups is 2. The molecule has 0 radical (unpaired) electrons. The predicted molar refractivity (Wildman–Crippen MR) is 101 cm³/mol. The molecule has 0 unspecified atom stereocenters. The molecule has 3 rings (SSSR count). The summed E-state index contributed by atoms with van der Waals surface area (Å²) in [4.78, 5) is 37.8. The van der Waals surface area contributed by atoms with E-state index in [0.29, 0.717) is 17.3 Å². The Kier molecular flexibility index (Phi) is 5.90. The number of amides is 3. The van der Waals surface area contributed by atoms with Gasteiger partial charge < -0.3 is 15.2 Å². The lowest BCUT2D eigenvalue weighted by Gasteiger charge is -2.18. The summed E-state index contributed by atoms with van der Waals surface area (Å²) in [6, 6.07) is 6.72. The Morgan fingerprint density at radius 2 is 2.08 bits per heavy atom. The van der Waals surface area contributed by atoms with E-state index in [4.69, 9.17) is 4.74 Å². The standard InChI is InChI=1S/C17H18N2O5S2/c1-24-11-4-2-10(3-5-11)6-14-16(22)19(17(23)26-14)7-15(21)18-12-8-25-9-13(12)20/h2-6,12-13,20H,7-9H2,1H3,(H,18,21)/b14-6-/t12-,13-/m0/s1. The largest absolute Gasteiger partial charge is 0.497 e. The summed E-state index contributed by atoms with van der Waals surface area (Å²) in [5, 5.41) is 11.9. The van der Waals surface area contributed by atoms with Crippen LogP contribution in [0.4, 0.5) is 4.79 Å². The van der Waals surface area contributed by atoms with Gasteiger partial charge in [0.2, 0.25) is 5.91 Å². The lowest BCUT2D eigenvalue weighted by atomic mass is 10.2. The summed E-state index contributed by atoms with van der Waals surface area (Å²) in [5.74, 6) is 0.930. The molecule has 9 heteroatoms. The molecule has 0 spiro atoms. The minimum absolute atomic E-state index is 0.268. The van der Waals surface area contributed by atoms with Crippen molar-refractivity contribution in [2.45, 2.75) is 12.1 Å². The number of aliphatic hydroxyl groups is 1. The van der Waals surface area contributed by atoms with Crippen molar-refractivity contribution in [2.24, 2.45) is 0 Å². The molecule has 0 saturated carbocycles. The van der Waals surface area contributed by atoms with E-state index in [1.165, 1.54) is 0 Å². The second-order valence-electron chi connectivity index (χ2n) is 5.82. The smallest absolute Gasteiger partial charge is 0.294 e. The number of hydrogen-bond acceptors (Lipinski definition) is 7. The molecule has 2 aliphatic heterocycles. The van der Waals surface area contributed by atoms with E-state index in [1.807, 2.05) is 0 Å². The topological polar surface area (TPSA) is 95.9 Å². The van der Waals surface area contributed by atoms with Crippen LogP contribution in [0.3, 0.4) is 0 Å². The van der Waals surface area contributed by atoms with E-state index >= 15 is 0 Å². The molecular formula is C17H18N2O5S2. The maximum Gasteiger partial charge on any atom is 0.294 e. The van der Waals surface area contributed by atoms with Crippen molar-refractivity contribution in [3.8, 4) is 5.75 Å². The van der Waals surface area contributed by atoms with Crippen molar-refractivity contribution in [1.29, 1.82) is 0 Å². The van der Waals surface area contributed by atoms with Crippen LogP contribution in [0.25, 0.3) is 6.08 Å². The van der Waals surface area contributed by atoms with Crippen molar-refractivity contribution >= 4 is 46.7 Å². The molecule has 0 bridgehead atoms. The Bertz CT molecular complexity index is 750. The van der Waals surface area contributed by atoms with Gasteiger partial charge in [-0.25, -0.2) is 0 Å². The molecule has 2 N–H and O–H groups in total. The second-order valence-corrected chi connectivity index (χ2v) is 7.89. The van der Waals surface area contributed by atoms with Crippen molar-refractivity contribution in [1.82, 2.24) is 10.2 Å². The van der Waals surface area contributed by atoms with Gasteiger partial charge in [-0.05, 0) is 35.5 Å². The number of carbonyl (C=O) groups is 3. The highest BCUT2D eigenvalue weighted by Gasteiger charge is 2.37. The molecule has 7 nitrogen and oxygen atoms in total. The minimum Gasteiger partial charge on any atom is -0.497 e. The first-order valence-corrected chi connectivity index (χ1v) is 9.89. The molecule has 2 fully saturated rings. The lowest BCUT2D eigenvalue weighted by Crippen LogP contribution is -2.47. The highest BCUT2D eigenvalue weighted by atomic mass is 32.2. The van der Waals surface area contributed by atoms with Crippen LogP contribution in [0.2, 0.25) is 0 Å². The number of methoxy groups -OCH3 is 1. The number of hydrogen-bond donors (Lipinski definition) is 2. The molecule has 2 aliphatic rings. The third-order valence-electron chi connectivity index (χ3n) is 3.99. The average Bonchev–Trinajstić information content (AvgIpc) is 3.14. The highest BCUT2D eigenvalue weighted by molar-refractivity contribution is 8.18. The van der Waals surface area contributed by atoms with Gasteiger partial charge in [-0.3, -0.25) is 19.3 Å². The molecular weight excluding hydrogens is 376 g/mol. The fourth-order valence-electron chi connectivity index (χ4n) is 2.56. The summed E-state index contributed by atoms with van der Waals surface area (Å²) in [6.07, 6.45) is 1.01. The van der Waals surface area contributed by atoms with Crippen LogP contribution < -0.4 is 10.1 Å². The summed E-state index contributed by atoms with van der Waals surface area (Å²) in [6.45, 7) is -0.349. The summed E-state index contributed by atoms with van der Waals surface area (Å²) < 4.78 is 5.08. The number of ether oxygens (including phenoxy) is 1. The lowest BCUT2D eigenvalue weighted by molar-refractivity contribution is -0.129. The zero-order chi connectivity index (χ0) is 18.7. The first-order valence-electron chi connectivity index (χ1n) is 7.92. The van der Waals surface area contributed by atoms with Crippen LogP contribution >= 0.6 is 23.5 Å². The fraction of sp³-hybridized carbons (Fsp3) is 0.353. The van der Waals surface area contributed by atoms with Gasteiger partial charge in [0, 0.05) is 11.5 Å². The van der Waals surface area contributed by atoms with Crippen molar-refractivity contribution in [3.63, 3.8) is 0 Å². The summed E-state index contributed by atoms with van der Waals surface area (Å²) >= 11 is 2.35. The van der Waals surface area contributed by atoms with Gasteiger partial charge in [0.15, 0.2) is 0 Å². The van der Waals surface area contributed by atoms with Crippen molar-refractivity contribution < 1.29 is 24.2 Å². The monoisotopic (exact) mass is 394 g/mol. The number of rotatable bonds is 5. The van der Waals surface area contributed by atoms with Gasteiger partial charge in [-0.15, -0.1) is 0 Å². The molecule has 2 saturated heterocycles. The molecule has 0 aromatic heterocycles. The maximum absolute atomic E-state index is 12.4. The Morgan fingerprint density at radius 3 is 2.69 bits per heavy atom. The van der Waals surface area contributed by atoms with Crippen LogP contribution in [0.1, 0.15) is 5.56 Å². The van der Waals surface area contributed by atoms with Gasteiger partial charge in [0.05, 0.1) is 24.2 Å². The third-order valence-corrected chi connectivity index (χ3v) is 6.07. The number of benzene rings is 1. The number of carbonyl (C=O) groups excluding carboxylic acids is 3. The molecule has 2 atom stereocenters. The van der Waals surface area contributed by atoms with E-state index in [0.717, 1.165) is 22.2 Å². The van der Waals surface area contributed by atoms with Crippen molar-refractivity contribution in [2.75, 3.05) is 25.2 Å². The Morgan fingerprint density at radius 1 is 1.35 bits per heavy atom. The van der Waals surface area contributed by atoms with Gasteiger partial charge >= 0.3 is 0 Å². The number of aliphatic hydroxyl groups excluding tert-OH is 1. The number of nitrogens with zero attached hydrogens (tertiary/aromatic N) is 1.